The molecule has 0 saturated carbocycles. The zero-order valence-corrected chi connectivity index (χ0v) is 16.7. The van der Waals surface area contributed by atoms with Crippen molar-refractivity contribution in [2.75, 3.05) is 31.1 Å². The minimum absolute atomic E-state index is 0.0343. The topological polar surface area (TPSA) is 110 Å². The van der Waals surface area contributed by atoms with Crippen LogP contribution in [0.4, 0.5) is 11.5 Å². The molecule has 0 bridgehead atoms. The number of nitrogens with zero attached hydrogens (tertiary/aromatic N) is 5. The molecule has 1 aliphatic heterocycles. The van der Waals surface area contributed by atoms with E-state index in [0.717, 1.165) is 10.9 Å². The first-order valence-corrected chi connectivity index (χ1v) is 10.6. The number of sulfonamides is 1. The summed E-state index contributed by atoms with van der Waals surface area (Å²) in [7, 11) is -3.74. The third-order valence-electron chi connectivity index (χ3n) is 4.78. The highest BCUT2D eigenvalue weighted by Gasteiger charge is 2.30. The molecule has 2 heterocycles. The van der Waals surface area contributed by atoms with E-state index in [1.54, 1.807) is 0 Å². The molecule has 1 saturated heterocycles. The fourth-order valence-electron chi connectivity index (χ4n) is 3.30. The summed E-state index contributed by atoms with van der Waals surface area (Å²) in [5.41, 5.74) is 0.574. The molecular weight excluding hydrogens is 418 g/mol. The van der Waals surface area contributed by atoms with Gasteiger partial charge in [-0.1, -0.05) is 12.1 Å². The van der Waals surface area contributed by atoms with Gasteiger partial charge in [-0.25, -0.2) is 13.4 Å². The summed E-state index contributed by atoms with van der Waals surface area (Å²) in [6.45, 7) is 1.39. The van der Waals surface area contributed by atoms with Crippen molar-refractivity contribution in [3.05, 3.63) is 63.9 Å². The summed E-state index contributed by atoms with van der Waals surface area (Å²) in [5.74, 6) is 0.674. The molecule has 0 aliphatic carbocycles. The van der Waals surface area contributed by atoms with Crippen molar-refractivity contribution in [3.8, 4) is 0 Å². The van der Waals surface area contributed by atoms with Crippen LogP contribution in [-0.2, 0) is 10.0 Å². The van der Waals surface area contributed by atoms with E-state index < -0.39 is 14.9 Å². The number of aromatic nitrogens is 2. The Balaban J connectivity index is 1.54. The molecule has 4 rings (SSSR count). The van der Waals surface area contributed by atoms with E-state index in [1.165, 1.54) is 28.6 Å². The molecule has 1 fully saturated rings. The van der Waals surface area contributed by atoms with Gasteiger partial charge < -0.3 is 4.90 Å². The van der Waals surface area contributed by atoms with Crippen LogP contribution in [0.5, 0.6) is 0 Å². The number of piperazine rings is 1. The largest absolute Gasteiger partial charge is 0.353 e. The molecule has 1 aliphatic rings. The number of hydrogen-bond acceptors (Lipinski definition) is 7. The molecule has 3 aromatic rings. The third kappa shape index (κ3) is 3.74. The SMILES string of the molecule is O=[N+]([O-])c1ccc(S(=O)(=O)N2CCN(c3nc(Cl)nc4ccccc34)CC2)cc1. The van der Waals surface area contributed by atoms with Crippen molar-refractivity contribution in [2.45, 2.75) is 4.90 Å². The average molecular weight is 434 g/mol. The molecule has 0 unspecified atom stereocenters. The second kappa shape index (κ2) is 7.54. The molecule has 0 spiro atoms. The van der Waals surface area contributed by atoms with Gasteiger partial charge in [-0.2, -0.15) is 9.29 Å². The highest BCUT2D eigenvalue weighted by atomic mass is 35.5. The first-order chi connectivity index (χ1) is 13.9. The van der Waals surface area contributed by atoms with Crippen molar-refractivity contribution in [1.82, 2.24) is 14.3 Å². The number of hydrogen-bond donors (Lipinski definition) is 0. The monoisotopic (exact) mass is 433 g/mol. The van der Waals surface area contributed by atoms with E-state index in [2.05, 4.69) is 9.97 Å². The molecular formula is C18H16ClN5O4S. The van der Waals surface area contributed by atoms with Gasteiger partial charge in [0.25, 0.3) is 5.69 Å². The quantitative estimate of drug-likeness (QED) is 0.353. The Bertz CT molecular complexity index is 1180. The maximum absolute atomic E-state index is 12.9. The fraction of sp³-hybridized carbons (Fsp3) is 0.222. The first kappa shape index (κ1) is 19.5. The number of benzene rings is 2. The molecule has 2 aromatic carbocycles. The lowest BCUT2D eigenvalue weighted by Crippen LogP contribution is -2.49. The van der Waals surface area contributed by atoms with E-state index in [-0.39, 0.29) is 29.0 Å². The van der Waals surface area contributed by atoms with Crippen LogP contribution in [0.1, 0.15) is 0 Å². The second-order valence-electron chi connectivity index (χ2n) is 6.48. The zero-order chi connectivity index (χ0) is 20.6. The summed E-state index contributed by atoms with van der Waals surface area (Å²) in [6, 6.07) is 12.4. The van der Waals surface area contributed by atoms with Gasteiger partial charge in [0.15, 0.2) is 0 Å². The molecule has 9 nitrogen and oxygen atoms in total. The van der Waals surface area contributed by atoms with Crippen LogP contribution in [0.3, 0.4) is 0 Å². The van der Waals surface area contributed by atoms with E-state index in [1.807, 2.05) is 29.2 Å². The maximum Gasteiger partial charge on any atom is 0.269 e. The number of halogens is 1. The Morgan fingerprint density at radius 2 is 1.62 bits per heavy atom. The summed E-state index contributed by atoms with van der Waals surface area (Å²) in [6.07, 6.45) is 0. The molecule has 0 atom stereocenters. The van der Waals surface area contributed by atoms with Gasteiger partial charge in [0.1, 0.15) is 5.82 Å². The van der Waals surface area contributed by atoms with E-state index in [9.17, 15) is 18.5 Å². The molecule has 150 valence electrons. The van der Waals surface area contributed by atoms with Gasteiger partial charge in [0.2, 0.25) is 15.3 Å². The number of anilines is 1. The fourth-order valence-corrected chi connectivity index (χ4v) is 4.90. The van der Waals surface area contributed by atoms with E-state index in [0.29, 0.717) is 18.9 Å². The van der Waals surface area contributed by atoms with Crippen LogP contribution in [0.25, 0.3) is 10.9 Å². The lowest BCUT2D eigenvalue weighted by atomic mass is 10.2. The smallest absolute Gasteiger partial charge is 0.269 e. The summed E-state index contributed by atoms with van der Waals surface area (Å²) in [4.78, 5) is 20.8. The number of non-ortho nitro benzene ring substituents is 1. The molecule has 29 heavy (non-hydrogen) atoms. The third-order valence-corrected chi connectivity index (χ3v) is 6.86. The second-order valence-corrected chi connectivity index (χ2v) is 8.75. The highest BCUT2D eigenvalue weighted by molar-refractivity contribution is 7.89. The lowest BCUT2D eigenvalue weighted by molar-refractivity contribution is -0.384. The van der Waals surface area contributed by atoms with Crippen molar-refractivity contribution in [2.24, 2.45) is 0 Å². The van der Waals surface area contributed by atoms with Crippen molar-refractivity contribution in [1.29, 1.82) is 0 Å². The normalized spacial score (nSPS) is 15.6. The summed E-state index contributed by atoms with van der Waals surface area (Å²) < 4.78 is 27.1. The van der Waals surface area contributed by atoms with E-state index in [4.69, 9.17) is 11.6 Å². The molecule has 0 N–H and O–H groups in total. The Morgan fingerprint density at radius 3 is 2.28 bits per heavy atom. The lowest BCUT2D eigenvalue weighted by Gasteiger charge is -2.35. The number of fused-ring (bicyclic) bond motifs is 1. The van der Waals surface area contributed by atoms with Gasteiger partial charge in [0, 0.05) is 43.7 Å². The van der Waals surface area contributed by atoms with Crippen LogP contribution in [0.15, 0.2) is 53.4 Å². The Hall–Kier alpha value is -2.82. The van der Waals surface area contributed by atoms with Crippen molar-refractivity contribution in [3.63, 3.8) is 0 Å². The molecule has 11 heteroatoms. The highest BCUT2D eigenvalue weighted by Crippen LogP contribution is 2.27. The van der Waals surface area contributed by atoms with Gasteiger partial charge in [-0.3, -0.25) is 10.1 Å². The van der Waals surface area contributed by atoms with Gasteiger partial charge >= 0.3 is 0 Å². The van der Waals surface area contributed by atoms with E-state index >= 15 is 0 Å². The average Bonchev–Trinajstić information content (AvgIpc) is 2.73. The predicted octanol–water partition coefficient (Wildman–Crippen LogP) is 2.70. The zero-order valence-electron chi connectivity index (χ0n) is 15.1. The maximum atomic E-state index is 12.9. The van der Waals surface area contributed by atoms with Crippen LogP contribution in [0, 0.1) is 10.1 Å². The Morgan fingerprint density at radius 1 is 0.966 bits per heavy atom. The van der Waals surface area contributed by atoms with Crippen LogP contribution >= 0.6 is 11.6 Å². The summed E-state index contributed by atoms with van der Waals surface area (Å²) in [5, 5.41) is 11.8. The first-order valence-electron chi connectivity index (χ1n) is 8.78. The standard InChI is InChI=1S/C18H16ClN5O4S/c19-18-20-16-4-2-1-3-15(16)17(21-18)22-9-11-23(12-10-22)29(27,28)14-7-5-13(6-8-14)24(25)26/h1-8H,9-12H2. The Labute approximate surface area is 171 Å². The molecule has 0 amide bonds. The van der Waals surface area contributed by atoms with Crippen LogP contribution in [0.2, 0.25) is 5.28 Å². The number of nitro groups is 1. The Kier molecular flexibility index (Phi) is 5.07. The number of rotatable bonds is 4. The van der Waals surface area contributed by atoms with Crippen LogP contribution < -0.4 is 4.90 Å². The minimum Gasteiger partial charge on any atom is -0.353 e. The van der Waals surface area contributed by atoms with Crippen LogP contribution in [-0.4, -0.2) is 53.8 Å². The predicted molar refractivity (Wildman–Crippen MR) is 109 cm³/mol. The molecule has 1 aromatic heterocycles. The summed E-state index contributed by atoms with van der Waals surface area (Å²) >= 11 is 6.06. The van der Waals surface area contributed by atoms with Crippen molar-refractivity contribution < 1.29 is 13.3 Å². The number of para-hydroxylation sites is 1. The van der Waals surface area contributed by atoms with Gasteiger partial charge in [-0.15, -0.1) is 0 Å². The van der Waals surface area contributed by atoms with Gasteiger partial charge in [-0.05, 0) is 35.9 Å². The van der Waals surface area contributed by atoms with Gasteiger partial charge in [0.05, 0.1) is 15.3 Å². The minimum atomic E-state index is -3.74. The molecule has 0 radical (unpaired) electrons. The number of nitro benzene ring substituents is 1. The van der Waals surface area contributed by atoms with Crippen molar-refractivity contribution >= 4 is 44.0 Å².